The van der Waals surface area contributed by atoms with E-state index in [2.05, 4.69) is 29.4 Å². The summed E-state index contributed by atoms with van der Waals surface area (Å²) in [7, 11) is 0. The zero-order valence-electron chi connectivity index (χ0n) is 14.6. The number of carbonyl (C=O) groups excluding carboxylic acids is 1. The maximum atomic E-state index is 12.1. The van der Waals surface area contributed by atoms with Crippen LogP contribution in [0.15, 0.2) is 36.4 Å². The summed E-state index contributed by atoms with van der Waals surface area (Å²) in [6.07, 6.45) is 0. The molecule has 0 atom stereocenters. The van der Waals surface area contributed by atoms with E-state index in [4.69, 9.17) is 4.74 Å². The molecule has 3 N–H and O–H groups in total. The minimum atomic E-state index is -0.238. The van der Waals surface area contributed by atoms with E-state index in [0.29, 0.717) is 12.3 Å². The molecule has 3 rings (SSSR count). The first-order chi connectivity index (χ1) is 12.0. The molecule has 0 unspecified atom stereocenters. The van der Waals surface area contributed by atoms with E-state index >= 15 is 0 Å². The zero-order chi connectivity index (χ0) is 18.0. The molecule has 130 valence electrons. The molecule has 0 bridgehead atoms. The standard InChI is InChI=1S/C20H22N2O3/c1-12-8-15(20-16(9-12)13(2)14(3)22-20)10-21-19(24)11-25-18-7-5-4-6-17(18)23/h4-9,22-23H,10-11H2,1-3H3,(H,21,24). The third kappa shape index (κ3) is 3.60. The summed E-state index contributed by atoms with van der Waals surface area (Å²) in [5.41, 5.74) is 5.62. The predicted molar refractivity (Wildman–Crippen MR) is 98.0 cm³/mol. The van der Waals surface area contributed by atoms with Crippen LogP contribution < -0.4 is 10.1 Å². The second kappa shape index (κ2) is 6.89. The van der Waals surface area contributed by atoms with E-state index in [9.17, 15) is 9.90 Å². The third-order valence-corrected chi connectivity index (χ3v) is 4.34. The highest BCUT2D eigenvalue weighted by Crippen LogP contribution is 2.26. The summed E-state index contributed by atoms with van der Waals surface area (Å²) in [5.74, 6) is 0.0807. The number of aromatic nitrogens is 1. The molecular weight excluding hydrogens is 316 g/mol. The molecule has 0 aliphatic rings. The Hall–Kier alpha value is -2.95. The van der Waals surface area contributed by atoms with E-state index in [1.807, 2.05) is 13.8 Å². The van der Waals surface area contributed by atoms with Gasteiger partial charge in [0.1, 0.15) is 0 Å². The van der Waals surface area contributed by atoms with Crippen molar-refractivity contribution in [3.8, 4) is 11.5 Å². The van der Waals surface area contributed by atoms with Crippen molar-refractivity contribution in [2.45, 2.75) is 27.3 Å². The van der Waals surface area contributed by atoms with Gasteiger partial charge in [0.25, 0.3) is 5.91 Å². The van der Waals surface area contributed by atoms with Gasteiger partial charge < -0.3 is 20.1 Å². The Morgan fingerprint density at radius 1 is 1.20 bits per heavy atom. The molecule has 0 saturated carbocycles. The zero-order valence-corrected chi connectivity index (χ0v) is 14.6. The molecule has 0 fully saturated rings. The fourth-order valence-electron chi connectivity index (χ4n) is 2.89. The predicted octanol–water partition coefficient (Wildman–Crippen LogP) is 3.49. The number of H-pyrrole nitrogens is 1. The van der Waals surface area contributed by atoms with E-state index < -0.39 is 0 Å². The van der Waals surface area contributed by atoms with Crippen LogP contribution in [0, 0.1) is 20.8 Å². The number of benzene rings is 2. The largest absolute Gasteiger partial charge is 0.504 e. The van der Waals surface area contributed by atoms with Gasteiger partial charge in [-0.25, -0.2) is 0 Å². The Kier molecular flexibility index (Phi) is 4.65. The Balaban J connectivity index is 1.67. The number of phenolic OH excluding ortho intramolecular Hbond substituents is 1. The van der Waals surface area contributed by atoms with Crippen LogP contribution in [-0.4, -0.2) is 22.6 Å². The molecule has 2 aromatic carbocycles. The van der Waals surface area contributed by atoms with Crippen LogP contribution in [0.3, 0.4) is 0 Å². The summed E-state index contributed by atoms with van der Waals surface area (Å²) >= 11 is 0. The minimum absolute atomic E-state index is 0.0213. The fourth-order valence-corrected chi connectivity index (χ4v) is 2.89. The number of rotatable bonds is 5. The molecule has 0 spiro atoms. The van der Waals surface area contributed by atoms with E-state index in [0.717, 1.165) is 22.3 Å². The summed E-state index contributed by atoms with van der Waals surface area (Å²) in [6, 6.07) is 10.8. The molecule has 3 aromatic rings. The van der Waals surface area contributed by atoms with Crippen molar-refractivity contribution in [3.63, 3.8) is 0 Å². The second-order valence-electron chi connectivity index (χ2n) is 6.25. The Morgan fingerprint density at radius 3 is 2.72 bits per heavy atom. The molecule has 25 heavy (non-hydrogen) atoms. The number of amides is 1. The number of hydrogen-bond acceptors (Lipinski definition) is 3. The maximum Gasteiger partial charge on any atom is 0.258 e. The van der Waals surface area contributed by atoms with Gasteiger partial charge in [-0.2, -0.15) is 0 Å². The molecule has 1 heterocycles. The Morgan fingerprint density at radius 2 is 1.96 bits per heavy atom. The van der Waals surface area contributed by atoms with Crippen molar-refractivity contribution < 1.29 is 14.6 Å². The van der Waals surface area contributed by atoms with E-state index in [1.54, 1.807) is 18.2 Å². The van der Waals surface area contributed by atoms with Gasteiger partial charge in [-0.1, -0.05) is 23.8 Å². The topological polar surface area (TPSA) is 74.3 Å². The lowest BCUT2D eigenvalue weighted by molar-refractivity contribution is -0.123. The molecule has 0 saturated heterocycles. The molecule has 0 aliphatic carbocycles. The molecular formula is C20H22N2O3. The maximum absolute atomic E-state index is 12.1. The highest BCUT2D eigenvalue weighted by atomic mass is 16.5. The Labute approximate surface area is 146 Å². The van der Waals surface area contributed by atoms with Gasteiger partial charge in [0.05, 0.1) is 5.52 Å². The van der Waals surface area contributed by atoms with Gasteiger partial charge in [0.2, 0.25) is 0 Å². The first-order valence-corrected chi connectivity index (χ1v) is 8.21. The van der Waals surface area contributed by atoms with Crippen LogP contribution >= 0.6 is 0 Å². The summed E-state index contributed by atoms with van der Waals surface area (Å²) in [6.45, 7) is 6.47. The molecule has 1 aromatic heterocycles. The van der Waals surface area contributed by atoms with Gasteiger partial charge in [-0.3, -0.25) is 4.79 Å². The third-order valence-electron chi connectivity index (χ3n) is 4.34. The van der Waals surface area contributed by atoms with Crippen LogP contribution in [0.25, 0.3) is 10.9 Å². The summed E-state index contributed by atoms with van der Waals surface area (Å²) in [4.78, 5) is 15.5. The number of hydrogen-bond donors (Lipinski definition) is 3. The lowest BCUT2D eigenvalue weighted by Crippen LogP contribution is -2.28. The number of aromatic amines is 1. The molecule has 5 heteroatoms. The average molecular weight is 338 g/mol. The van der Waals surface area contributed by atoms with Crippen LogP contribution in [-0.2, 0) is 11.3 Å². The first-order valence-electron chi connectivity index (χ1n) is 8.21. The van der Waals surface area contributed by atoms with Crippen LogP contribution in [0.4, 0.5) is 0 Å². The normalized spacial score (nSPS) is 10.8. The van der Waals surface area contributed by atoms with Crippen molar-refractivity contribution in [1.29, 1.82) is 0 Å². The van der Waals surface area contributed by atoms with Crippen LogP contribution in [0.5, 0.6) is 11.5 Å². The Bertz CT molecular complexity index is 928. The number of ether oxygens (including phenoxy) is 1. The molecule has 1 amide bonds. The average Bonchev–Trinajstić information content (AvgIpc) is 2.87. The quantitative estimate of drug-likeness (QED) is 0.666. The highest BCUT2D eigenvalue weighted by molar-refractivity contribution is 5.88. The van der Waals surface area contributed by atoms with Crippen LogP contribution in [0.1, 0.15) is 22.4 Å². The van der Waals surface area contributed by atoms with Gasteiger partial charge in [-0.05, 0) is 50.1 Å². The van der Waals surface area contributed by atoms with Crippen molar-refractivity contribution in [1.82, 2.24) is 10.3 Å². The van der Waals surface area contributed by atoms with Crippen molar-refractivity contribution in [2.75, 3.05) is 6.61 Å². The van der Waals surface area contributed by atoms with Gasteiger partial charge in [-0.15, -0.1) is 0 Å². The van der Waals surface area contributed by atoms with Crippen molar-refractivity contribution >= 4 is 16.8 Å². The van der Waals surface area contributed by atoms with Crippen molar-refractivity contribution in [2.24, 2.45) is 0 Å². The monoisotopic (exact) mass is 338 g/mol. The molecule has 0 aliphatic heterocycles. The number of aromatic hydroxyl groups is 1. The number of para-hydroxylation sites is 2. The van der Waals surface area contributed by atoms with E-state index in [-0.39, 0.29) is 18.3 Å². The second-order valence-corrected chi connectivity index (χ2v) is 6.25. The first kappa shape index (κ1) is 16.9. The number of nitrogens with one attached hydrogen (secondary N) is 2. The summed E-state index contributed by atoms with van der Waals surface area (Å²) < 4.78 is 5.35. The van der Waals surface area contributed by atoms with Gasteiger partial charge in [0, 0.05) is 17.6 Å². The highest BCUT2D eigenvalue weighted by Gasteiger charge is 2.11. The fraction of sp³-hybridized carbons (Fsp3) is 0.250. The van der Waals surface area contributed by atoms with E-state index in [1.165, 1.54) is 17.0 Å². The molecule has 0 radical (unpaired) electrons. The number of phenols is 1. The molecule has 5 nitrogen and oxygen atoms in total. The van der Waals surface area contributed by atoms with Gasteiger partial charge in [0.15, 0.2) is 18.1 Å². The lowest BCUT2D eigenvalue weighted by Gasteiger charge is -2.10. The smallest absolute Gasteiger partial charge is 0.258 e. The lowest BCUT2D eigenvalue weighted by atomic mass is 10.0. The summed E-state index contributed by atoms with van der Waals surface area (Å²) in [5, 5.41) is 13.7. The SMILES string of the molecule is Cc1cc(CNC(=O)COc2ccccc2O)c2[nH]c(C)c(C)c2c1. The van der Waals surface area contributed by atoms with Gasteiger partial charge >= 0.3 is 0 Å². The number of fused-ring (bicyclic) bond motifs is 1. The van der Waals surface area contributed by atoms with Crippen LogP contribution in [0.2, 0.25) is 0 Å². The van der Waals surface area contributed by atoms with Crippen molar-refractivity contribution in [3.05, 3.63) is 58.8 Å². The number of aryl methyl sites for hydroxylation is 3. The number of carbonyl (C=O) groups is 1. The minimum Gasteiger partial charge on any atom is -0.504 e.